The molecule has 0 unspecified atom stereocenters. The maximum absolute atomic E-state index is 14.9. The number of benzene rings is 1. The lowest BCUT2D eigenvalue weighted by atomic mass is 10.2. The number of hydrogen-bond donors (Lipinski definition) is 2. The van der Waals surface area contributed by atoms with E-state index in [4.69, 9.17) is 4.74 Å². The minimum absolute atomic E-state index is 0.117. The molecule has 0 bridgehead atoms. The Bertz CT molecular complexity index is 1360. The van der Waals surface area contributed by atoms with Crippen LogP contribution in [0.15, 0.2) is 46.2 Å². The van der Waals surface area contributed by atoms with Crippen molar-refractivity contribution in [1.29, 1.82) is 0 Å². The van der Waals surface area contributed by atoms with Crippen molar-refractivity contribution in [2.75, 3.05) is 45.3 Å². The summed E-state index contributed by atoms with van der Waals surface area (Å²) in [6.45, 7) is 10.3. The van der Waals surface area contributed by atoms with E-state index in [-0.39, 0.29) is 23.4 Å². The summed E-state index contributed by atoms with van der Waals surface area (Å²) < 4.78 is 36.8. The lowest BCUT2D eigenvalue weighted by Crippen LogP contribution is -2.47. The van der Waals surface area contributed by atoms with Crippen molar-refractivity contribution in [3.05, 3.63) is 59.2 Å². The fraction of sp³-hybridized carbons (Fsp3) is 0.346. The molecule has 0 atom stereocenters. The van der Waals surface area contributed by atoms with Gasteiger partial charge in [0.15, 0.2) is 29.9 Å². The van der Waals surface area contributed by atoms with E-state index in [1.165, 1.54) is 0 Å². The van der Waals surface area contributed by atoms with Crippen molar-refractivity contribution in [3.63, 3.8) is 0 Å². The standard InChI is InChI=1S/C26H32F2N8O/c1-6-7-18-13-23(33-35(18)5)32-22(29-3)15-24(36-10-8-34(4)9-11-36)30-16-37-21-14-20(27)26-19(25(21)28)12-17(2)31-26/h6-7,12-15,31H,3,8-11,16H2,1-2,4-5H3,(H,32,33)/b7-6-,22-15+,30-24+. The third kappa shape index (κ3) is 6.05. The zero-order valence-corrected chi connectivity index (χ0v) is 21.6. The smallest absolute Gasteiger partial charge is 0.181 e. The average molecular weight is 511 g/mol. The Hall–Kier alpha value is -3.99. The SMILES string of the molecule is C=N/C(=C\C(=N/COc1cc(F)c2[nH]c(C)cc2c1F)N1CCN(C)CC1)Nc1cc(/C=C\C)n(C)n1. The minimum Gasteiger partial charge on any atom is -0.468 e. The second-order valence-corrected chi connectivity index (χ2v) is 8.88. The van der Waals surface area contributed by atoms with Crippen LogP contribution < -0.4 is 10.1 Å². The number of piperazine rings is 1. The summed E-state index contributed by atoms with van der Waals surface area (Å²) >= 11 is 0. The number of anilines is 1. The zero-order valence-electron chi connectivity index (χ0n) is 21.6. The molecule has 2 N–H and O–H groups in total. The van der Waals surface area contributed by atoms with Crippen molar-refractivity contribution in [2.45, 2.75) is 13.8 Å². The number of aryl methyl sites for hydroxylation is 2. The van der Waals surface area contributed by atoms with E-state index in [0.717, 1.165) is 37.9 Å². The van der Waals surface area contributed by atoms with Crippen LogP contribution in [0.4, 0.5) is 14.6 Å². The summed E-state index contributed by atoms with van der Waals surface area (Å²) in [5, 5.41) is 7.77. The average Bonchev–Trinajstić information content (AvgIpc) is 3.44. The fourth-order valence-electron chi connectivity index (χ4n) is 4.12. The van der Waals surface area contributed by atoms with Crippen LogP contribution >= 0.6 is 0 Å². The molecule has 0 amide bonds. The molecule has 0 radical (unpaired) electrons. The molecule has 1 fully saturated rings. The number of halogens is 2. The number of amidine groups is 1. The Kier molecular flexibility index (Phi) is 8.02. The van der Waals surface area contributed by atoms with Gasteiger partial charge in [-0.05, 0) is 39.8 Å². The van der Waals surface area contributed by atoms with Crippen LogP contribution in [-0.4, -0.2) is 77.1 Å². The summed E-state index contributed by atoms with van der Waals surface area (Å²) in [6, 6.07) is 4.48. The number of H-pyrrole nitrogens is 1. The second kappa shape index (κ2) is 11.4. The number of aliphatic imine (C=N–C) groups is 2. The van der Waals surface area contributed by atoms with E-state index in [9.17, 15) is 8.78 Å². The lowest BCUT2D eigenvalue weighted by Gasteiger charge is -2.33. The first-order valence-electron chi connectivity index (χ1n) is 12.0. The van der Waals surface area contributed by atoms with Gasteiger partial charge in [-0.25, -0.2) is 18.8 Å². The Morgan fingerprint density at radius 3 is 2.68 bits per heavy atom. The molecular weight excluding hydrogens is 478 g/mol. The van der Waals surface area contributed by atoms with Crippen molar-refractivity contribution in [3.8, 4) is 5.75 Å². The van der Waals surface area contributed by atoms with Gasteiger partial charge >= 0.3 is 0 Å². The lowest BCUT2D eigenvalue weighted by molar-refractivity contribution is 0.214. The summed E-state index contributed by atoms with van der Waals surface area (Å²) in [5.74, 6) is 0.235. The van der Waals surface area contributed by atoms with E-state index in [0.29, 0.717) is 23.2 Å². The monoisotopic (exact) mass is 510 g/mol. The molecule has 1 saturated heterocycles. The van der Waals surface area contributed by atoms with Crippen LogP contribution in [0, 0.1) is 18.6 Å². The van der Waals surface area contributed by atoms with Crippen molar-refractivity contribution < 1.29 is 13.5 Å². The number of nitrogens with one attached hydrogen (secondary N) is 2. The Morgan fingerprint density at radius 2 is 1.97 bits per heavy atom. The Morgan fingerprint density at radius 1 is 1.22 bits per heavy atom. The molecule has 2 aromatic heterocycles. The number of rotatable bonds is 8. The van der Waals surface area contributed by atoms with Gasteiger partial charge in [0.2, 0.25) is 0 Å². The quantitative estimate of drug-likeness (QED) is 0.351. The normalized spacial score (nSPS) is 15.7. The van der Waals surface area contributed by atoms with Crippen molar-refractivity contribution in [2.24, 2.45) is 17.0 Å². The number of nitrogens with zero attached hydrogens (tertiary/aromatic N) is 6. The molecule has 1 aromatic carbocycles. The summed E-state index contributed by atoms with van der Waals surface area (Å²) in [5.41, 5.74) is 1.71. The van der Waals surface area contributed by atoms with E-state index in [2.05, 4.69) is 48.9 Å². The predicted octanol–water partition coefficient (Wildman–Crippen LogP) is 4.16. The van der Waals surface area contributed by atoms with Gasteiger partial charge in [0.25, 0.3) is 0 Å². The van der Waals surface area contributed by atoms with Gasteiger partial charge in [-0.3, -0.25) is 4.68 Å². The summed E-state index contributed by atoms with van der Waals surface area (Å²) in [6.07, 6.45) is 5.64. The van der Waals surface area contributed by atoms with Gasteiger partial charge in [-0.1, -0.05) is 6.08 Å². The van der Waals surface area contributed by atoms with Crippen LogP contribution in [0.3, 0.4) is 0 Å². The van der Waals surface area contributed by atoms with Gasteiger partial charge in [-0.15, -0.1) is 0 Å². The largest absolute Gasteiger partial charge is 0.468 e. The third-order valence-corrected chi connectivity index (χ3v) is 6.12. The fourth-order valence-corrected chi connectivity index (χ4v) is 4.12. The van der Waals surface area contributed by atoms with E-state index in [1.54, 1.807) is 23.7 Å². The van der Waals surface area contributed by atoms with Crippen LogP contribution in [0.1, 0.15) is 18.3 Å². The van der Waals surface area contributed by atoms with Crippen LogP contribution in [0.2, 0.25) is 0 Å². The first-order chi connectivity index (χ1) is 17.8. The number of likely N-dealkylation sites (N-methyl/N-ethyl adjacent to an activating group) is 1. The highest BCUT2D eigenvalue weighted by Crippen LogP contribution is 2.29. The van der Waals surface area contributed by atoms with Gasteiger partial charge in [-0.2, -0.15) is 5.10 Å². The number of hydrogen-bond acceptors (Lipinski definition) is 6. The first kappa shape index (κ1) is 26.1. The maximum Gasteiger partial charge on any atom is 0.181 e. The van der Waals surface area contributed by atoms with Gasteiger partial charge < -0.3 is 24.8 Å². The number of aromatic amines is 1. The van der Waals surface area contributed by atoms with Gasteiger partial charge in [0.05, 0.1) is 11.2 Å². The number of ether oxygens (including phenoxy) is 1. The molecule has 1 aliphatic heterocycles. The second-order valence-electron chi connectivity index (χ2n) is 8.88. The predicted molar refractivity (Wildman–Crippen MR) is 144 cm³/mol. The molecular formula is C26H32F2N8O. The Labute approximate surface area is 214 Å². The molecule has 4 rings (SSSR count). The third-order valence-electron chi connectivity index (χ3n) is 6.12. The minimum atomic E-state index is -0.630. The summed E-state index contributed by atoms with van der Waals surface area (Å²) in [7, 11) is 3.92. The number of aromatic nitrogens is 3. The molecule has 9 nitrogen and oxygen atoms in total. The van der Waals surface area contributed by atoms with E-state index in [1.807, 2.05) is 32.2 Å². The van der Waals surface area contributed by atoms with Crippen LogP contribution in [0.5, 0.6) is 5.75 Å². The molecule has 0 aliphatic carbocycles. The number of fused-ring (bicyclic) bond motifs is 1. The highest BCUT2D eigenvalue weighted by molar-refractivity contribution is 5.94. The highest BCUT2D eigenvalue weighted by atomic mass is 19.1. The van der Waals surface area contributed by atoms with Gasteiger partial charge in [0, 0.05) is 62.5 Å². The molecule has 196 valence electrons. The molecule has 11 heteroatoms. The van der Waals surface area contributed by atoms with Crippen LogP contribution in [0.25, 0.3) is 17.0 Å². The van der Waals surface area contributed by atoms with E-state index >= 15 is 0 Å². The molecule has 0 spiro atoms. The highest BCUT2D eigenvalue weighted by Gasteiger charge is 2.19. The topological polar surface area (TPSA) is 86.1 Å². The Balaban J connectivity index is 1.58. The maximum atomic E-state index is 14.9. The molecule has 3 aromatic rings. The molecule has 37 heavy (non-hydrogen) atoms. The van der Waals surface area contributed by atoms with E-state index < -0.39 is 11.6 Å². The summed E-state index contributed by atoms with van der Waals surface area (Å²) in [4.78, 5) is 15.8. The van der Waals surface area contributed by atoms with Crippen molar-refractivity contribution >= 4 is 35.3 Å². The molecule has 3 heterocycles. The molecule has 0 saturated carbocycles. The zero-order chi connectivity index (χ0) is 26.5. The van der Waals surface area contributed by atoms with Crippen molar-refractivity contribution in [1.82, 2.24) is 24.6 Å². The number of allylic oxidation sites excluding steroid dienone is 1. The molecule has 1 aliphatic rings. The van der Waals surface area contributed by atoms with Crippen LogP contribution in [-0.2, 0) is 7.05 Å². The first-order valence-corrected chi connectivity index (χ1v) is 12.0. The van der Waals surface area contributed by atoms with Gasteiger partial charge in [0.1, 0.15) is 11.7 Å².